The van der Waals surface area contributed by atoms with Crippen molar-refractivity contribution in [3.63, 3.8) is 0 Å². The van der Waals surface area contributed by atoms with Gasteiger partial charge in [-0.15, -0.1) is 11.3 Å². The molecule has 0 saturated carbocycles. The summed E-state index contributed by atoms with van der Waals surface area (Å²) in [7, 11) is 0. The van der Waals surface area contributed by atoms with Gasteiger partial charge in [0, 0.05) is 58.5 Å². The van der Waals surface area contributed by atoms with E-state index in [4.69, 9.17) is 9.97 Å². The summed E-state index contributed by atoms with van der Waals surface area (Å²) in [5.41, 5.74) is 9.71. The van der Waals surface area contributed by atoms with Crippen molar-refractivity contribution in [3.8, 4) is 34.2 Å². The molecule has 0 amide bonds. The number of thiophene rings is 1. The first kappa shape index (κ1) is 28.3. The third-order valence-corrected chi connectivity index (χ3v) is 11.3. The highest BCUT2D eigenvalue weighted by atomic mass is 32.1. The van der Waals surface area contributed by atoms with E-state index in [-0.39, 0.29) is 0 Å². The van der Waals surface area contributed by atoms with Gasteiger partial charge in [-0.3, -0.25) is 4.57 Å². The van der Waals surface area contributed by atoms with E-state index in [0.717, 1.165) is 33.5 Å². The van der Waals surface area contributed by atoms with Gasteiger partial charge in [0.05, 0.1) is 33.5 Å². The van der Waals surface area contributed by atoms with Crippen molar-refractivity contribution in [3.05, 3.63) is 170 Å². The molecule has 11 rings (SSSR count). The second kappa shape index (κ2) is 11.0. The molecule has 0 radical (unpaired) electrons. The molecule has 0 aliphatic rings. The quantitative estimate of drug-likeness (QED) is 0.187. The summed E-state index contributed by atoms with van der Waals surface area (Å²) < 4.78 is 7.22. The first-order chi connectivity index (χ1) is 25.3. The Morgan fingerprint density at radius 2 is 0.980 bits per heavy atom. The summed E-state index contributed by atoms with van der Waals surface area (Å²) in [6.07, 6.45) is 0. The van der Waals surface area contributed by atoms with Crippen LogP contribution < -0.4 is 0 Å². The number of fused-ring (bicyclic) bond motifs is 10. The number of nitrogens with zero attached hydrogens (tertiary/aromatic N) is 4. The standard InChI is InChI=1S/C46H28N4S/c1-4-14-29(15-5-1)37-28-38(30-16-6-2-7-17-30)48-46(47-37)50-40-23-13-11-21-34(40)44-41(50)25-24-33-36-26-42-35(27-43(36)51-45(33)44)32-20-10-12-22-39(32)49(42)31-18-8-3-9-19-31/h1-28H. The van der Waals surface area contributed by atoms with Gasteiger partial charge in [-0.2, -0.15) is 0 Å². The van der Waals surface area contributed by atoms with Crippen molar-refractivity contribution in [1.29, 1.82) is 0 Å². The van der Waals surface area contributed by atoms with Crippen LogP contribution >= 0.6 is 11.3 Å². The normalized spacial score (nSPS) is 11.9. The number of hydrogen-bond acceptors (Lipinski definition) is 3. The van der Waals surface area contributed by atoms with Crippen molar-refractivity contribution < 1.29 is 0 Å². The fraction of sp³-hybridized carbons (Fsp3) is 0. The van der Waals surface area contributed by atoms with Crippen LogP contribution in [0.3, 0.4) is 0 Å². The first-order valence-electron chi connectivity index (χ1n) is 17.2. The Balaban J connectivity index is 1.21. The van der Waals surface area contributed by atoms with Crippen LogP contribution in [0.15, 0.2) is 170 Å². The zero-order valence-corrected chi connectivity index (χ0v) is 28.2. The number of aromatic nitrogens is 4. The van der Waals surface area contributed by atoms with E-state index in [1.54, 1.807) is 0 Å². The Hall–Kier alpha value is -6.56. The maximum absolute atomic E-state index is 5.24. The van der Waals surface area contributed by atoms with Crippen molar-refractivity contribution in [2.45, 2.75) is 0 Å². The lowest BCUT2D eigenvalue weighted by Gasteiger charge is -2.11. The second-order valence-electron chi connectivity index (χ2n) is 13.0. The van der Waals surface area contributed by atoms with Gasteiger partial charge in [-0.05, 0) is 48.5 Å². The van der Waals surface area contributed by atoms with Crippen molar-refractivity contribution in [2.75, 3.05) is 0 Å². The molecule has 0 aliphatic carbocycles. The Bertz CT molecular complexity index is 3060. The van der Waals surface area contributed by atoms with Crippen LogP contribution in [-0.4, -0.2) is 19.1 Å². The van der Waals surface area contributed by atoms with Crippen LogP contribution in [0.4, 0.5) is 0 Å². The molecule has 7 aromatic carbocycles. The van der Waals surface area contributed by atoms with Crippen LogP contribution in [0.1, 0.15) is 0 Å². The number of para-hydroxylation sites is 3. The van der Waals surface area contributed by atoms with Crippen LogP contribution in [0.5, 0.6) is 0 Å². The van der Waals surface area contributed by atoms with Crippen LogP contribution in [0.2, 0.25) is 0 Å². The predicted molar refractivity (Wildman–Crippen MR) is 214 cm³/mol. The van der Waals surface area contributed by atoms with Crippen molar-refractivity contribution in [1.82, 2.24) is 19.1 Å². The minimum Gasteiger partial charge on any atom is -0.309 e. The molecule has 0 bridgehead atoms. The van der Waals surface area contributed by atoms with Gasteiger partial charge in [-0.1, -0.05) is 121 Å². The van der Waals surface area contributed by atoms with E-state index >= 15 is 0 Å². The number of rotatable bonds is 4. The average molecular weight is 669 g/mol. The summed E-state index contributed by atoms with van der Waals surface area (Å²) in [5.74, 6) is 0.663. The SMILES string of the molecule is c1ccc(-c2cc(-c3ccccc3)nc(-n3c4ccccc4c4c5sc6cc7c8ccccc8n(-c8ccccc8)c7cc6c5ccc43)n2)cc1. The Labute approximate surface area is 297 Å². The minimum atomic E-state index is 0.663. The molecule has 0 spiro atoms. The third-order valence-electron chi connectivity index (χ3n) is 10.1. The first-order valence-corrected chi connectivity index (χ1v) is 18.0. The van der Waals surface area contributed by atoms with E-state index in [0.29, 0.717) is 5.95 Å². The van der Waals surface area contributed by atoms with Crippen molar-refractivity contribution in [2.24, 2.45) is 0 Å². The van der Waals surface area contributed by atoms with Gasteiger partial charge in [0.15, 0.2) is 0 Å². The van der Waals surface area contributed by atoms with E-state index < -0.39 is 0 Å². The van der Waals surface area contributed by atoms with Crippen molar-refractivity contribution >= 4 is 75.1 Å². The predicted octanol–water partition coefficient (Wildman–Crippen LogP) is 12.4. The maximum Gasteiger partial charge on any atom is 0.235 e. The highest BCUT2D eigenvalue weighted by molar-refractivity contribution is 7.26. The molecule has 0 N–H and O–H groups in total. The average Bonchev–Trinajstić information content (AvgIpc) is 3.85. The van der Waals surface area contributed by atoms with E-state index in [9.17, 15) is 0 Å². The summed E-state index contributed by atoms with van der Waals surface area (Å²) >= 11 is 1.88. The van der Waals surface area contributed by atoms with E-state index in [1.165, 1.54) is 58.4 Å². The number of hydrogen-bond donors (Lipinski definition) is 0. The van der Waals surface area contributed by atoms with E-state index in [2.05, 4.69) is 167 Å². The van der Waals surface area contributed by atoms with Gasteiger partial charge in [-0.25, -0.2) is 9.97 Å². The molecule has 0 aliphatic heterocycles. The maximum atomic E-state index is 5.24. The molecule has 4 heterocycles. The monoisotopic (exact) mass is 668 g/mol. The lowest BCUT2D eigenvalue weighted by Crippen LogP contribution is -2.03. The fourth-order valence-electron chi connectivity index (χ4n) is 7.87. The molecule has 0 fully saturated rings. The Morgan fingerprint density at radius 3 is 1.67 bits per heavy atom. The van der Waals surface area contributed by atoms with Gasteiger partial charge in [0.2, 0.25) is 5.95 Å². The molecule has 5 heteroatoms. The highest BCUT2D eigenvalue weighted by Crippen LogP contribution is 2.45. The molecule has 0 atom stereocenters. The van der Waals surface area contributed by atoms with E-state index in [1.807, 2.05) is 23.5 Å². The van der Waals surface area contributed by atoms with Crippen LogP contribution in [0, 0.1) is 0 Å². The molecule has 4 aromatic heterocycles. The molecule has 51 heavy (non-hydrogen) atoms. The molecule has 11 aromatic rings. The van der Waals surface area contributed by atoms with Gasteiger partial charge in [0.1, 0.15) is 0 Å². The zero-order chi connectivity index (χ0) is 33.5. The molecule has 4 nitrogen and oxygen atoms in total. The Kier molecular flexibility index (Phi) is 6.09. The smallest absolute Gasteiger partial charge is 0.235 e. The van der Waals surface area contributed by atoms with Gasteiger partial charge < -0.3 is 4.57 Å². The molecular formula is C46H28N4S. The summed E-state index contributed by atoms with van der Waals surface area (Å²) in [5, 5.41) is 7.51. The lowest BCUT2D eigenvalue weighted by molar-refractivity contribution is 0.996. The molecule has 0 saturated heterocycles. The fourth-order valence-corrected chi connectivity index (χ4v) is 9.15. The molecular weight excluding hydrogens is 641 g/mol. The Morgan fingerprint density at radius 1 is 0.392 bits per heavy atom. The summed E-state index contributed by atoms with van der Waals surface area (Å²) in [4.78, 5) is 10.5. The van der Waals surface area contributed by atoms with Crippen LogP contribution in [-0.2, 0) is 0 Å². The largest absolute Gasteiger partial charge is 0.309 e. The zero-order valence-electron chi connectivity index (χ0n) is 27.4. The second-order valence-corrected chi connectivity index (χ2v) is 14.1. The lowest BCUT2D eigenvalue weighted by atomic mass is 10.1. The molecule has 0 unspecified atom stereocenters. The van der Waals surface area contributed by atoms with Crippen LogP contribution in [0.25, 0.3) is 97.9 Å². The molecule has 238 valence electrons. The van der Waals surface area contributed by atoms with Gasteiger partial charge >= 0.3 is 0 Å². The minimum absolute atomic E-state index is 0.663. The third kappa shape index (κ3) is 4.25. The van der Waals surface area contributed by atoms with Gasteiger partial charge in [0.25, 0.3) is 0 Å². The number of benzene rings is 7. The topological polar surface area (TPSA) is 35.6 Å². The summed E-state index contributed by atoms with van der Waals surface area (Å²) in [6.45, 7) is 0. The highest BCUT2D eigenvalue weighted by Gasteiger charge is 2.21. The summed E-state index contributed by atoms with van der Waals surface area (Å²) in [6, 6.07) is 60.4.